The number of carbonyl (C=O) groups is 4. The highest BCUT2D eigenvalue weighted by Crippen LogP contribution is 2.38. The number of diazo groups is 1. The molecule has 0 aliphatic carbocycles. The minimum absolute atomic E-state index is 0.273. The molecule has 1 fully saturated rings. The molecule has 1 aromatic carbocycles. The average Bonchev–Trinajstić information content (AvgIpc) is 2.68. The Morgan fingerprint density at radius 3 is 1.84 bits per heavy atom. The number of esters is 4. The van der Waals surface area contributed by atoms with E-state index in [-0.39, 0.29) is 12.3 Å². The summed E-state index contributed by atoms with van der Waals surface area (Å²) < 4.78 is 27.1. The minimum Gasteiger partial charge on any atom is -0.463 e. The molecule has 0 N–H and O–H groups in total. The van der Waals surface area contributed by atoms with E-state index in [0.29, 0.717) is 5.56 Å². The second kappa shape index (κ2) is 10.5. The lowest BCUT2D eigenvalue weighted by atomic mass is 9.90. The summed E-state index contributed by atoms with van der Waals surface area (Å²) in [6.07, 6.45) is -5.65. The van der Waals surface area contributed by atoms with E-state index in [4.69, 9.17) is 29.1 Å². The second-order valence-corrected chi connectivity index (χ2v) is 6.81. The summed E-state index contributed by atoms with van der Waals surface area (Å²) in [6, 6.07) is 6.11. The third-order valence-corrected chi connectivity index (χ3v) is 4.33. The van der Waals surface area contributed by atoms with Crippen molar-refractivity contribution in [1.29, 1.82) is 5.39 Å². The summed E-state index contributed by atoms with van der Waals surface area (Å²) in [5, 5.41) is 8.90. The lowest BCUT2D eigenvalue weighted by molar-refractivity contribution is -0.254. The van der Waals surface area contributed by atoms with Gasteiger partial charge in [0, 0.05) is 39.8 Å². The highest BCUT2D eigenvalue weighted by atomic mass is 16.7. The van der Waals surface area contributed by atoms with Gasteiger partial charge in [-0.2, -0.15) is 0 Å². The van der Waals surface area contributed by atoms with Gasteiger partial charge in [-0.3, -0.25) is 19.2 Å². The largest absolute Gasteiger partial charge is 0.463 e. The first-order chi connectivity index (χ1) is 14.6. The molecule has 0 radical (unpaired) electrons. The third-order valence-electron chi connectivity index (χ3n) is 4.33. The molecule has 1 aliphatic rings. The molecule has 2 rings (SSSR count). The Morgan fingerprint density at radius 1 is 0.839 bits per heavy atom. The van der Waals surface area contributed by atoms with Crippen molar-refractivity contribution in [3.8, 4) is 0 Å². The zero-order chi connectivity index (χ0) is 23.1. The maximum absolute atomic E-state index is 11.8. The van der Waals surface area contributed by atoms with Gasteiger partial charge in [-0.15, -0.1) is 0 Å². The van der Waals surface area contributed by atoms with Crippen molar-refractivity contribution in [3.63, 3.8) is 0 Å². The SMILES string of the molecule is CC(=O)OC[C@H]1O[C@@H](c2ccc([N+]#N)cc2)[C@H](OC(C)=O)[C@@H](OC(C)=O)[C@H]1OC(C)=O. The van der Waals surface area contributed by atoms with Gasteiger partial charge in [0.1, 0.15) is 18.8 Å². The van der Waals surface area contributed by atoms with Crippen molar-refractivity contribution in [2.24, 2.45) is 0 Å². The molecular formula is C20H23N2O9+. The summed E-state index contributed by atoms with van der Waals surface area (Å²) in [7, 11) is 0. The molecule has 0 amide bonds. The smallest absolute Gasteiger partial charge is 0.385 e. The minimum atomic E-state index is -1.24. The van der Waals surface area contributed by atoms with Crippen molar-refractivity contribution >= 4 is 29.6 Å². The van der Waals surface area contributed by atoms with Crippen LogP contribution >= 0.6 is 0 Å². The predicted molar refractivity (Wildman–Crippen MR) is 102 cm³/mol. The molecule has 0 unspecified atom stereocenters. The predicted octanol–water partition coefficient (Wildman–Crippen LogP) is 1.97. The van der Waals surface area contributed by atoms with Crippen LogP contribution in [0.15, 0.2) is 24.3 Å². The molecule has 166 valence electrons. The van der Waals surface area contributed by atoms with Crippen LogP contribution in [0.25, 0.3) is 4.98 Å². The van der Waals surface area contributed by atoms with Gasteiger partial charge in [-0.1, -0.05) is 0 Å². The molecule has 0 bridgehead atoms. The van der Waals surface area contributed by atoms with Crippen LogP contribution in [0.2, 0.25) is 0 Å². The number of carbonyl (C=O) groups excluding carboxylic acids is 4. The molecule has 0 spiro atoms. The van der Waals surface area contributed by atoms with Crippen LogP contribution in [-0.4, -0.2) is 54.9 Å². The fourth-order valence-electron chi connectivity index (χ4n) is 3.23. The number of hydrogen-bond donors (Lipinski definition) is 0. The quantitative estimate of drug-likeness (QED) is 0.369. The van der Waals surface area contributed by atoms with Gasteiger partial charge in [0.15, 0.2) is 23.3 Å². The topological polar surface area (TPSA) is 143 Å². The molecule has 0 saturated carbocycles. The van der Waals surface area contributed by atoms with E-state index >= 15 is 0 Å². The van der Waals surface area contributed by atoms with E-state index in [1.165, 1.54) is 26.0 Å². The molecule has 31 heavy (non-hydrogen) atoms. The van der Waals surface area contributed by atoms with Crippen molar-refractivity contribution in [2.45, 2.75) is 58.2 Å². The van der Waals surface area contributed by atoms with E-state index in [1.807, 2.05) is 0 Å². The van der Waals surface area contributed by atoms with Gasteiger partial charge < -0.3 is 23.7 Å². The summed E-state index contributed by atoms with van der Waals surface area (Å²) in [5.74, 6) is -2.69. The van der Waals surface area contributed by atoms with Crippen molar-refractivity contribution in [1.82, 2.24) is 0 Å². The monoisotopic (exact) mass is 435 g/mol. The second-order valence-electron chi connectivity index (χ2n) is 6.81. The lowest BCUT2D eigenvalue weighted by Crippen LogP contribution is -2.59. The van der Waals surface area contributed by atoms with Crippen molar-refractivity contribution in [2.75, 3.05) is 6.61 Å². The highest BCUT2D eigenvalue weighted by Gasteiger charge is 2.52. The first kappa shape index (κ1) is 23.8. The van der Waals surface area contributed by atoms with E-state index in [1.54, 1.807) is 12.1 Å². The lowest BCUT2D eigenvalue weighted by Gasteiger charge is -2.44. The zero-order valence-corrected chi connectivity index (χ0v) is 17.5. The van der Waals surface area contributed by atoms with Crippen LogP contribution in [0.1, 0.15) is 39.4 Å². The molecular weight excluding hydrogens is 412 g/mol. The number of nitrogens with zero attached hydrogens (tertiary/aromatic N) is 2. The fourth-order valence-corrected chi connectivity index (χ4v) is 3.23. The maximum atomic E-state index is 11.8. The van der Waals surface area contributed by atoms with Crippen LogP contribution in [0.5, 0.6) is 0 Å². The Labute approximate surface area is 178 Å². The maximum Gasteiger partial charge on any atom is 0.385 e. The Balaban J connectivity index is 2.53. The molecule has 1 saturated heterocycles. The van der Waals surface area contributed by atoms with Gasteiger partial charge in [0.05, 0.1) is 0 Å². The number of benzene rings is 1. The number of ether oxygens (including phenoxy) is 5. The third kappa shape index (κ3) is 6.48. The first-order valence-corrected chi connectivity index (χ1v) is 9.38. The van der Waals surface area contributed by atoms with Crippen LogP contribution < -0.4 is 0 Å². The highest BCUT2D eigenvalue weighted by molar-refractivity contribution is 5.69. The van der Waals surface area contributed by atoms with Gasteiger partial charge in [-0.25, -0.2) is 0 Å². The first-order valence-electron chi connectivity index (χ1n) is 9.38. The molecule has 5 atom stereocenters. The molecule has 1 aromatic rings. The Morgan fingerprint density at radius 2 is 1.35 bits per heavy atom. The van der Waals surface area contributed by atoms with Crippen molar-refractivity contribution in [3.05, 3.63) is 34.8 Å². The Hall–Kier alpha value is -3.52. The van der Waals surface area contributed by atoms with Gasteiger partial charge in [0.25, 0.3) is 0 Å². The molecule has 1 aliphatic heterocycles. The summed E-state index contributed by atoms with van der Waals surface area (Å²) in [5.41, 5.74) is 0.763. The van der Waals surface area contributed by atoms with E-state index in [9.17, 15) is 19.2 Å². The van der Waals surface area contributed by atoms with Crippen LogP contribution in [-0.2, 0) is 42.9 Å². The normalized spacial score (nSPS) is 24.9. The Kier molecular flexibility index (Phi) is 8.04. The zero-order valence-electron chi connectivity index (χ0n) is 17.5. The summed E-state index contributed by atoms with van der Waals surface area (Å²) in [4.78, 5) is 49.7. The van der Waals surface area contributed by atoms with Gasteiger partial charge >= 0.3 is 29.6 Å². The fraction of sp³-hybridized carbons (Fsp3) is 0.500. The van der Waals surface area contributed by atoms with E-state index < -0.39 is 54.4 Å². The van der Waals surface area contributed by atoms with Crippen LogP contribution in [0.3, 0.4) is 0 Å². The molecule has 11 nitrogen and oxygen atoms in total. The number of hydrogen-bond acceptors (Lipinski definition) is 10. The average molecular weight is 435 g/mol. The van der Waals surface area contributed by atoms with Gasteiger partial charge in [0.2, 0.25) is 5.39 Å². The summed E-state index contributed by atoms with van der Waals surface area (Å²) >= 11 is 0. The van der Waals surface area contributed by atoms with Crippen molar-refractivity contribution < 1.29 is 42.9 Å². The Bertz CT molecular complexity index is 878. The van der Waals surface area contributed by atoms with E-state index in [2.05, 4.69) is 4.98 Å². The van der Waals surface area contributed by atoms with Crippen LogP contribution in [0.4, 0.5) is 5.69 Å². The van der Waals surface area contributed by atoms with Gasteiger partial charge in [-0.05, 0) is 17.7 Å². The molecule has 1 heterocycles. The molecule has 0 aromatic heterocycles. The number of rotatable bonds is 6. The summed E-state index contributed by atoms with van der Waals surface area (Å²) in [6.45, 7) is 4.36. The van der Waals surface area contributed by atoms with E-state index in [0.717, 1.165) is 13.8 Å². The standard InChI is InChI=1S/C20H23N2O9/c1-10(23)27-9-16-18(28-11(2)24)20(30-13(4)26)19(29-12(3)25)17(31-16)14-5-7-15(22-21)8-6-14/h5-8,16-20H,9H2,1-4H3/q+1/t16-,17+,18+,19+,20+/m1/s1. The van der Waals surface area contributed by atoms with Crippen LogP contribution in [0, 0.1) is 5.39 Å². The molecule has 11 heteroatoms.